The zero-order valence-corrected chi connectivity index (χ0v) is 10.6. The van der Waals surface area contributed by atoms with Gasteiger partial charge in [-0.05, 0) is 29.7 Å². The fourth-order valence-electron chi connectivity index (χ4n) is 1.29. The summed E-state index contributed by atoms with van der Waals surface area (Å²) < 4.78 is 36.8. The van der Waals surface area contributed by atoms with E-state index < -0.39 is 11.7 Å². The Balaban J connectivity index is 0. The maximum atomic E-state index is 12.3. The number of halogens is 3. The van der Waals surface area contributed by atoms with Gasteiger partial charge < -0.3 is 5.11 Å². The van der Waals surface area contributed by atoms with Crippen molar-refractivity contribution in [3.8, 4) is 0 Å². The Morgan fingerprint density at radius 2 is 1.56 bits per heavy atom. The van der Waals surface area contributed by atoms with Crippen LogP contribution in [0.5, 0.6) is 0 Å². The molecule has 0 radical (unpaired) electrons. The number of rotatable bonds is 2. The van der Waals surface area contributed by atoms with Crippen LogP contribution < -0.4 is 0 Å². The molecule has 0 aliphatic rings. The lowest BCUT2D eigenvalue weighted by Crippen LogP contribution is -2.06. The van der Waals surface area contributed by atoms with E-state index in [-0.39, 0.29) is 6.61 Å². The first-order chi connectivity index (χ1) is 8.49. The summed E-state index contributed by atoms with van der Waals surface area (Å²) in [6, 6.07) is 3.45. The van der Waals surface area contributed by atoms with E-state index in [1.165, 1.54) is 6.07 Å². The van der Waals surface area contributed by atoms with Gasteiger partial charge in [-0.15, -0.1) is 26.3 Å². The monoisotopic (exact) mass is 260 g/mol. The fourth-order valence-corrected chi connectivity index (χ4v) is 1.29. The van der Waals surface area contributed by atoms with E-state index in [0.29, 0.717) is 12.0 Å². The zero-order chi connectivity index (χ0) is 14.8. The number of benzene rings is 1. The third-order valence-electron chi connectivity index (χ3n) is 2.08. The van der Waals surface area contributed by atoms with E-state index >= 15 is 0 Å². The van der Waals surface area contributed by atoms with E-state index in [1.807, 2.05) is 6.92 Å². The van der Waals surface area contributed by atoms with Gasteiger partial charge in [-0.1, -0.05) is 13.0 Å². The summed E-state index contributed by atoms with van der Waals surface area (Å²) in [5.74, 6) is 0. The van der Waals surface area contributed by atoms with E-state index in [1.54, 1.807) is 0 Å². The Morgan fingerprint density at radius 1 is 1.06 bits per heavy atom. The summed E-state index contributed by atoms with van der Waals surface area (Å²) in [4.78, 5) is 0. The molecule has 1 N–H and O–H groups in total. The van der Waals surface area contributed by atoms with Crippen molar-refractivity contribution in [1.82, 2.24) is 0 Å². The Morgan fingerprint density at radius 3 is 1.89 bits per heavy atom. The molecule has 0 aromatic heterocycles. The van der Waals surface area contributed by atoms with Crippen LogP contribution >= 0.6 is 0 Å². The average molecular weight is 260 g/mol. The Bertz CT molecular complexity index is 343. The summed E-state index contributed by atoms with van der Waals surface area (Å²) in [7, 11) is 0. The molecule has 0 unspecified atom stereocenters. The van der Waals surface area contributed by atoms with Gasteiger partial charge in [-0.3, -0.25) is 0 Å². The minimum atomic E-state index is -4.34. The minimum Gasteiger partial charge on any atom is -0.392 e. The minimum absolute atomic E-state index is 0.349. The van der Waals surface area contributed by atoms with Crippen LogP contribution in [0.25, 0.3) is 0 Å². The molecule has 102 valence electrons. The lowest BCUT2D eigenvalue weighted by Gasteiger charge is -2.10. The number of alkyl halides is 3. The second kappa shape index (κ2) is 9.48. The molecule has 18 heavy (non-hydrogen) atoms. The lowest BCUT2D eigenvalue weighted by molar-refractivity contribution is -0.137. The van der Waals surface area contributed by atoms with E-state index in [9.17, 15) is 13.2 Å². The Kier molecular flexibility index (Phi) is 9.90. The number of aryl methyl sites for hydroxylation is 1. The Hall–Kier alpha value is -1.55. The molecule has 0 atom stereocenters. The number of aliphatic hydroxyl groups excluding tert-OH is 1. The standard InChI is InChI=1S/C10H11F3O.2C2H4/c1-2-7-3-4-9(10(11,12)13)5-8(7)6-14;2*1-2/h3-5,14H,2,6H2,1H3;2*1-2H2. The van der Waals surface area contributed by atoms with Crippen LogP contribution in [0.15, 0.2) is 44.5 Å². The predicted molar refractivity (Wildman–Crippen MR) is 69.3 cm³/mol. The van der Waals surface area contributed by atoms with Gasteiger partial charge in [0.2, 0.25) is 0 Å². The molecule has 1 aromatic carbocycles. The molecule has 0 heterocycles. The molecule has 0 fully saturated rings. The highest BCUT2D eigenvalue weighted by Gasteiger charge is 2.30. The van der Waals surface area contributed by atoms with Gasteiger partial charge in [0.05, 0.1) is 12.2 Å². The topological polar surface area (TPSA) is 20.2 Å². The molecule has 0 amide bonds. The van der Waals surface area contributed by atoms with Crippen molar-refractivity contribution in [2.45, 2.75) is 26.1 Å². The molecule has 0 bridgehead atoms. The first kappa shape index (κ1) is 18.8. The van der Waals surface area contributed by atoms with Crippen molar-refractivity contribution in [3.05, 3.63) is 61.2 Å². The second-order valence-corrected chi connectivity index (χ2v) is 2.99. The van der Waals surface area contributed by atoms with Gasteiger partial charge >= 0.3 is 6.18 Å². The van der Waals surface area contributed by atoms with Crippen LogP contribution in [0, 0.1) is 0 Å². The molecule has 0 aliphatic carbocycles. The quantitative estimate of drug-likeness (QED) is 0.783. The highest BCUT2D eigenvalue weighted by atomic mass is 19.4. The van der Waals surface area contributed by atoms with E-state index in [0.717, 1.165) is 17.7 Å². The first-order valence-electron chi connectivity index (χ1n) is 5.29. The molecule has 4 heteroatoms. The highest BCUT2D eigenvalue weighted by molar-refractivity contribution is 5.33. The van der Waals surface area contributed by atoms with Gasteiger partial charge in [-0.2, -0.15) is 13.2 Å². The summed E-state index contributed by atoms with van der Waals surface area (Å²) in [6.07, 6.45) is -3.72. The van der Waals surface area contributed by atoms with Gasteiger partial charge in [0.25, 0.3) is 0 Å². The summed E-state index contributed by atoms with van der Waals surface area (Å²) in [5.41, 5.74) is 0.390. The summed E-state index contributed by atoms with van der Waals surface area (Å²) in [5, 5.41) is 8.87. The molecule has 0 spiro atoms. The first-order valence-corrected chi connectivity index (χ1v) is 5.29. The van der Waals surface area contributed by atoms with Crippen LogP contribution in [-0.4, -0.2) is 5.11 Å². The maximum absolute atomic E-state index is 12.3. The SMILES string of the molecule is C=C.C=C.CCc1ccc(C(F)(F)F)cc1CO. The van der Waals surface area contributed by atoms with Crippen LogP contribution in [0.1, 0.15) is 23.6 Å². The maximum Gasteiger partial charge on any atom is 0.416 e. The molecule has 1 nitrogen and oxygen atoms in total. The van der Waals surface area contributed by atoms with Crippen LogP contribution in [0.3, 0.4) is 0 Å². The predicted octanol–water partition coefficient (Wildman–Crippen LogP) is 4.36. The number of hydrogen-bond acceptors (Lipinski definition) is 1. The van der Waals surface area contributed by atoms with Gasteiger partial charge in [0.1, 0.15) is 0 Å². The molecule has 0 saturated carbocycles. The molecular weight excluding hydrogens is 241 g/mol. The van der Waals surface area contributed by atoms with E-state index in [2.05, 4.69) is 26.3 Å². The second-order valence-electron chi connectivity index (χ2n) is 2.99. The molecule has 1 rings (SSSR count). The largest absolute Gasteiger partial charge is 0.416 e. The van der Waals surface area contributed by atoms with Crippen molar-refractivity contribution in [1.29, 1.82) is 0 Å². The van der Waals surface area contributed by atoms with Crippen LogP contribution in [0.4, 0.5) is 13.2 Å². The smallest absolute Gasteiger partial charge is 0.392 e. The molecule has 0 saturated heterocycles. The highest BCUT2D eigenvalue weighted by Crippen LogP contribution is 2.30. The average Bonchev–Trinajstić information content (AvgIpc) is 2.41. The van der Waals surface area contributed by atoms with E-state index in [4.69, 9.17) is 5.11 Å². The van der Waals surface area contributed by atoms with Gasteiger partial charge in [-0.25, -0.2) is 0 Å². The van der Waals surface area contributed by atoms with Gasteiger partial charge in [0.15, 0.2) is 0 Å². The van der Waals surface area contributed by atoms with Crippen LogP contribution in [-0.2, 0) is 19.2 Å². The third-order valence-corrected chi connectivity index (χ3v) is 2.08. The summed E-state index contributed by atoms with van der Waals surface area (Å²) >= 11 is 0. The molecule has 0 aliphatic heterocycles. The normalized spacial score (nSPS) is 9.61. The van der Waals surface area contributed by atoms with Crippen molar-refractivity contribution < 1.29 is 18.3 Å². The fraction of sp³-hybridized carbons (Fsp3) is 0.286. The molecular formula is C14H19F3O. The lowest BCUT2D eigenvalue weighted by atomic mass is 10.0. The van der Waals surface area contributed by atoms with Crippen molar-refractivity contribution in [2.75, 3.05) is 0 Å². The summed E-state index contributed by atoms with van der Waals surface area (Å²) in [6.45, 7) is 13.5. The number of aliphatic hydroxyl groups is 1. The van der Waals surface area contributed by atoms with Crippen molar-refractivity contribution in [3.63, 3.8) is 0 Å². The number of hydrogen-bond donors (Lipinski definition) is 1. The zero-order valence-electron chi connectivity index (χ0n) is 10.6. The van der Waals surface area contributed by atoms with Gasteiger partial charge in [0, 0.05) is 0 Å². The van der Waals surface area contributed by atoms with Crippen molar-refractivity contribution in [2.24, 2.45) is 0 Å². The van der Waals surface area contributed by atoms with Crippen LogP contribution in [0.2, 0.25) is 0 Å². The van der Waals surface area contributed by atoms with Crippen molar-refractivity contribution >= 4 is 0 Å². The third kappa shape index (κ3) is 5.68. The Labute approximate surface area is 106 Å². The molecule has 1 aromatic rings.